The van der Waals surface area contributed by atoms with E-state index in [0.717, 1.165) is 25.9 Å². The Morgan fingerprint density at radius 2 is 1.94 bits per heavy atom. The molecule has 0 aromatic carbocycles. The van der Waals surface area contributed by atoms with Crippen molar-refractivity contribution < 1.29 is 14.7 Å². The lowest BCUT2D eigenvalue weighted by atomic mass is 9.66. The first-order valence-electron chi connectivity index (χ1n) is 6.96. The SMILES string of the molecule is CC1CCN(C(=O)CC2(C(=O)O)CCC2)CC1C. The fourth-order valence-corrected chi connectivity index (χ4v) is 2.96. The summed E-state index contributed by atoms with van der Waals surface area (Å²) < 4.78 is 0. The highest BCUT2D eigenvalue weighted by Crippen LogP contribution is 2.44. The molecule has 1 aliphatic heterocycles. The summed E-state index contributed by atoms with van der Waals surface area (Å²) in [6.07, 6.45) is 3.49. The summed E-state index contributed by atoms with van der Waals surface area (Å²) in [6.45, 7) is 5.97. The van der Waals surface area contributed by atoms with Crippen molar-refractivity contribution in [3.05, 3.63) is 0 Å². The maximum atomic E-state index is 12.2. The van der Waals surface area contributed by atoms with Gasteiger partial charge in [0.15, 0.2) is 0 Å². The van der Waals surface area contributed by atoms with E-state index in [1.54, 1.807) is 0 Å². The number of carbonyl (C=O) groups is 2. The lowest BCUT2D eigenvalue weighted by Crippen LogP contribution is -2.47. The third kappa shape index (κ3) is 2.38. The quantitative estimate of drug-likeness (QED) is 0.838. The summed E-state index contributed by atoms with van der Waals surface area (Å²) in [5.41, 5.74) is -0.747. The van der Waals surface area contributed by atoms with Gasteiger partial charge in [-0.15, -0.1) is 0 Å². The highest BCUT2D eigenvalue weighted by Gasteiger charge is 2.46. The minimum Gasteiger partial charge on any atom is -0.481 e. The van der Waals surface area contributed by atoms with Crippen LogP contribution in [0.15, 0.2) is 0 Å². The van der Waals surface area contributed by atoms with Crippen molar-refractivity contribution in [2.45, 2.75) is 46.0 Å². The van der Waals surface area contributed by atoms with Crippen LogP contribution in [0.2, 0.25) is 0 Å². The zero-order chi connectivity index (χ0) is 13.3. The monoisotopic (exact) mass is 253 g/mol. The highest BCUT2D eigenvalue weighted by atomic mass is 16.4. The van der Waals surface area contributed by atoms with Gasteiger partial charge in [0.1, 0.15) is 0 Å². The van der Waals surface area contributed by atoms with Gasteiger partial charge in [-0.05, 0) is 31.1 Å². The normalized spacial score (nSPS) is 30.7. The van der Waals surface area contributed by atoms with Crippen LogP contribution in [0.1, 0.15) is 46.0 Å². The molecule has 1 heterocycles. The molecule has 2 unspecified atom stereocenters. The molecule has 18 heavy (non-hydrogen) atoms. The van der Waals surface area contributed by atoms with Gasteiger partial charge in [0.05, 0.1) is 5.41 Å². The number of rotatable bonds is 3. The number of carboxylic acid groups (broad SMARTS) is 1. The molecule has 0 bridgehead atoms. The molecule has 1 amide bonds. The molecule has 1 saturated heterocycles. The molecule has 0 spiro atoms. The van der Waals surface area contributed by atoms with Crippen LogP contribution in [0.3, 0.4) is 0 Å². The summed E-state index contributed by atoms with van der Waals surface area (Å²) >= 11 is 0. The molecule has 4 heteroatoms. The fourth-order valence-electron chi connectivity index (χ4n) is 2.96. The third-order valence-electron chi connectivity index (χ3n) is 4.94. The predicted octanol–water partition coefficient (Wildman–Crippen LogP) is 2.14. The van der Waals surface area contributed by atoms with Crippen molar-refractivity contribution in [1.82, 2.24) is 4.90 Å². The van der Waals surface area contributed by atoms with Crippen LogP contribution in [0.25, 0.3) is 0 Å². The first kappa shape index (κ1) is 13.4. The average molecular weight is 253 g/mol. The van der Waals surface area contributed by atoms with Gasteiger partial charge in [0, 0.05) is 19.5 Å². The summed E-state index contributed by atoms with van der Waals surface area (Å²) in [7, 11) is 0. The highest BCUT2D eigenvalue weighted by molar-refractivity contribution is 5.85. The first-order chi connectivity index (χ1) is 8.44. The Balaban J connectivity index is 1.94. The van der Waals surface area contributed by atoms with Crippen LogP contribution in [0.4, 0.5) is 0 Å². The maximum Gasteiger partial charge on any atom is 0.310 e. The van der Waals surface area contributed by atoms with Crippen molar-refractivity contribution in [1.29, 1.82) is 0 Å². The van der Waals surface area contributed by atoms with Gasteiger partial charge in [0.25, 0.3) is 0 Å². The van der Waals surface area contributed by atoms with E-state index in [0.29, 0.717) is 24.7 Å². The molecule has 1 aliphatic carbocycles. The van der Waals surface area contributed by atoms with E-state index in [-0.39, 0.29) is 12.3 Å². The van der Waals surface area contributed by atoms with E-state index in [1.165, 1.54) is 0 Å². The summed E-state index contributed by atoms with van der Waals surface area (Å²) in [5, 5.41) is 9.25. The number of nitrogens with zero attached hydrogens (tertiary/aromatic N) is 1. The van der Waals surface area contributed by atoms with E-state index in [1.807, 2.05) is 4.90 Å². The lowest BCUT2D eigenvalue weighted by molar-refractivity contribution is -0.160. The van der Waals surface area contributed by atoms with E-state index in [2.05, 4.69) is 13.8 Å². The first-order valence-corrected chi connectivity index (χ1v) is 6.96. The van der Waals surface area contributed by atoms with Crippen molar-refractivity contribution in [2.24, 2.45) is 17.3 Å². The number of aliphatic carboxylic acids is 1. The second-order valence-corrected chi connectivity index (χ2v) is 6.20. The second kappa shape index (κ2) is 4.90. The van der Waals surface area contributed by atoms with Gasteiger partial charge in [0.2, 0.25) is 5.91 Å². The van der Waals surface area contributed by atoms with Crippen molar-refractivity contribution in [2.75, 3.05) is 13.1 Å². The maximum absolute atomic E-state index is 12.2. The van der Waals surface area contributed by atoms with Crippen LogP contribution < -0.4 is 0 Å². The van der Waals surface area contributed by atoms with Crippen LogP contribution >= 0.6 is 0 Å². The van der Waals surface area contributed by atoms with E-state index in [4.69, 9.17) is 0 Å². The summed E-state index contributed by atoms with van der Waals surface area (Å²) in [4.78, 5) is 25.4. The minimum absolute atomic E-state index is 0.0378. The molecule has 0 aromatic rings. The average Bonchev–Trinajstić information content (AvgIpc) is 2.26. The van der Waals surface area contributed by atoms with Crippen LogP contribution in [0.5, 0.6) is 0 Å². The van der Waals surface area contributed by atoms with Crippen LogP contribution in [-0.4, -0.2) is 35.0 Å². The predicted molar refractivity (Wildman–Crippen MR) is 68.1 cm³/mol. The third-order valence-corrected chi connectivity index (χ3v) is 4.94. The number of hydrogen-bond acceptors (Lipinski definition) is 2. The number of piperidine rings is 1. The molecule has 0 aromatic heterocycles. The molecule has 2 fully saturated rings. The van der Waals surface area contributed by atoms with E-state index >= 15 is 0 Å². The summed E-state index contributed by atoms with van der Waals surface area (Å²) in [5.74, 6) is 0.424. The molecule has 102 valence electrons. The van der Waals surface area contributed by atoms with Gasteiger partial charge in [-0.25, -0.2) is 0 Å². The van der Waals surface area contributed by atoms with E-state index < -0.39 is 11.4 Å². The Labute approximate surface area is 108 Å². The molecule has 0 radical (unpaired) electrons. The number of amides is 1. The molecule has 2 rings (SSSR count). The van der Waals surface area contributed by atoms with Gasteiger partial charge < -0.3 is 10.0 Å². The van der Waals surface area contributed by atoms with Gasteiger partial charge in [-0.1, -0.05) is 20.3 Å². The van der Waals surface area contributed by atoms with Crippen molar-refractivity contribution in [3.8, 4) is 0 Å². The molecule has 4 nitrogen and oxygen atoms in total. The van der Waals surface area contributed by atoms with E-state index in [9.17, 15) is 14.7 Å². The summed E-state index contributed by atoms with van der Waals surface area (Å²) in [6, 6.07) is 0. The van der Waals surface area contributed by atoms with Crippen molar-refractivity contribution >= 4 is 11.9 Å². The number of likely N-dealkylation sites (tertiary alicyclic amines) is 1. The molecular weight excluding hydrogens is 230 g/mol. The minimum atomic E-state index is -0.791. The fraction of sp³-hybridized carbons (Fsp3) is 0.857. The largest absolute Gasteiger partial charge is 0.481 e. The van der Waals surface area contributed by atoms with Crippen LogP contribution in [0, 0.1) is 17.3 Å². The Bertz CT molecular complexity index is 349. The molecular formula is C14H23NO3. The zero-order valence-electron chi connectivity index (χ0n) is 11.3. The number of carbonyl (C=O) groups excluding carboxylic acids is 1. The smallest absolute Gasteiger partial charge is 0.310 e. The van der Waals surface area contributed by atoms with Crippen LogP contribution in [-0.2, 0) is 9.59 Å². The zero-order valence-corrected chi connectivity index (χ0v) is 11.3. The molecule has 1 saturated carbocycles. The standard InChI is InChI=1S/C14H23NO3/c1-10-4-7-15(9-11(10)2)12(16)8-14(13(17)18)5-3-6-14/h10-11H,3-9H2,1-2H3,(H,17,18). The van der Waals surface area contributed by atoms with Gasteiger partial charge >= 0.3 is 5.97 Å². The number of carboxylic acids is 1. The Hall–Kier alpha value is -1.06. The number of hydrogen-bond donors (Lipinski definition) is 1. The molecule has 2 atom stereocenters. The molecule has 1 N–H and O–H groups in total. The topological polar surface area (TPSA) is 57.6 Å². The Kier molecular flexibility index (Phi) is 3.64. The second-order valence-electron chi connectivity index (χ2n) is 6.20. The molecule has 2 aliphatic rings. The lowest BCUT2D eigenvalue weighted by Gasteiger charge is -2.41. The van der Waals surface area contributed by atoms with Gasteiger partial charge in [-0.3, -0.25) is 9.59 Å². The Morgan fingerprint density at radius 1 is 1.28 bits per heavy atom. The Morgan fingerprint density at radius 3 is 2.39 bits per heavy atom. The van der Waals surface area contributed by atoms with Crippen molar-refractivity contribution in [3.63, 3.8) is 0 Å². The van der Waals surface area contributed by atoms with Gasteiger partial charge in [-0.2, -0.15) is 0 Å².